The number of nitrogens with zero attached hydrogens (tertiary/aromatic N) is 1. The third kappa shape index (κ3) is 4.63. The number of nitrogens with one attached hydrogen (secondary N) is 1. The molecule has 2 N–H and O–H groups in total. The van der Waals surface area contributed by atoms with E-state index in [9.17, 15) is 9.90 Å². The monoisotopic (exact) mass is 308 g/mol. The van der Waals surface area contributed by atoms with Crippen molar-refractivity contribution < 1.29 is 9.90 Å². The molecular weight excluding hydrogens is 284 g/mol. The Kier molecular flexibility index (Phi) is 5.91. The number of rotatable bonds is 6. The lowest BCUT2D eigenvalue weighted by molar-refractivity contribution is 0.0696. The van der Waals surface area contributed by atoms with Gasteiger partial charge in [-0.3, -0.25) is 0 Å². The summed E-state index contributed by atoms with van der Waals surface area (Å²) < 4.78 is 0. The minimum Gasteiger partial charge on any atom is -0.478 e. The number of aromatic carboxylic acids is 1. The molecule has 116 valence electrons. The van der Waals surface area contributed by atoms with E-state index in [4.69, 9.17) is 0 Å². The average Bonchev–Trinajstić information content (AvgIpc) is 2.47. The van der Waals surface area contributed by atoms with E-state index < -0.39 is 5.97 Å². The first kappa shape index (κ1) is 16.1. The van der Waals surface area contributed by atoms with Crippen LogP contribution in [0.3, 0.4) is 0 Å². The van der Waals surface area contributed by atoms with Crippen LogP contribution in [0.1, 0.15) is 55.1 Å². The fraction of sp³-hybridized carbons (Fsp3) is 0.625. The molecule has 0 spiro atoms. The number of carboxylic acids is 1. The van der Waals surface area contributed by atoms with Crippen LogP contribution in [-0.4, -0.2) is 33.6 Å². The quantitative estimate of drug-likeness (QED) is 0.836. The Morgan fingerprint density at radius 3 is 2.95 bits per heavy atom. The Balaban J connectivity index is 2.12. The Morgan fingerprint density at radius 1 is 1.48 bits per heavy atom. The van der Waals surface area contributed by atoms with Crippen molar-refractivity contribution in [1.29, 1.82) is 0 Å². The summed E-state index contributed by atoms with van der Waals surface area (Å²) in [4.78, 5) is 15.8. The Labute approximate surface area is 130 Å². The molecule has 1 aromatic rings. The molecule has 1 aliphatic carbocycles. The lowest BCUT2D eigenvalue weighted by atomic mass is 9.95. The van der Waals surface area contributed by atoms with E-state index in [-0.39, 0.29) is 0 Å². The van der Waals surface area contributed by atoms with Gasteiger partial charge in [0.25, 0.3) is 0 Å². The van der Waals surface area contributed by atoms with Crippen molar-refractivity contribution >= 4 is 23.5 Å². The van der Waals surface area contributed by atoms with Gasteiger partial charge >= 0.3 is 5.97 Å². The zero-order valence-electron chi connectivity index (χ0n) is 12.8. The van der Waals surface area contributed by atoms with Crippen LogP contribution in [0.2, 0.25) is 0 Å². The molecule has 21 heavy (non-hydrogen) atoms. The van der Waals surface area contributed by atoms with Gasteiger partial charge in [0.2, 0.25) is 0 Å². The van der Waals surface area contributed by atoms with Crippen LogP contribution in [-0.2, 0) is 6.42 Å². The summed E-state index contributed by atoms with van der Waals surface area (Å²) in [6, 6.07) is 3.74. The number of carboxylic acid groups (broad SMARTS) is 1. The first-order chi connectivity index (χ1) is 10.1. The standard InChI is InChI=1S/C16H24N2O2S/c1-3-5-12-8-11(16(19)20)9-15(17-12)18-13-6-4-7-14(10-13)21-2/h8-9,13-14H,3-7,10H2,1-2H3,(H,17,18)(H,19,20). The van der Waals surface area contributed by atoms with Gasteiger partial charge in [-0.1, -0.05) is 19.8 Å². The van der Waals surface area contributed by atoms with Crippen molar-refractivity contribution in [2.24, 2.45) is 0 Å². The first-order valence-electron chi connectivity index (χ1n) is 7.66. The number of anilines is 1. The number of aryl methyl sites for hydroxylation is 1. The van der Waals surface area contributed by atoms with E-state index in [1.807, 2.05) is 11.8 Å². The van der Waals surface area contributed by atoms with Crippen LogP contribution in [0.15, 0.2) is 12.1 Å². The highest BCUT2D eigenvalue weighted by Crippen LogP contribution is 2.28. The van der Waals surface area contributed by atoms with Crippen LogP contribution in [0.4, 0.5) is 5.82 Å². The zero-order chi connectivity index (χ0) is 15.2. The summed E-state index contributed by atoms with van der Waals surface area (Å²) in [7, 11) is 0. The van der Waals surface area contributed by atoms with Gasteiger partial charge in [0, 0.05) is 17.0 Å². The lowest BCUT2D eigenvalue weighted by Crippen LogP contribution is -2.29. The number of pyridine rings is 1. The maximum Gasteiger partial charge on any atom is 0.335 e. The van der Waals surface area contributed by atoms with Crippen LogP contribution < -0.4 is 5.32 Å². The van der Waals surface area contributed by atoms with Crippen molar-refractivity contribution in [2.45, 2.75) is 56.7 Å². The fourth-order valence-electron chi connectivity index (χ4n) is 2.87. The van der Waals surface area contributed by atoms with Gasteiger partial charge in [-0.25, -0.2) is 9.78 Å². The van der Waals surface area contributed by atoms with Crippen LogP contribution in [0.25, 0.3) is 0 Å². The third-order valence-electron chi connectivity index (χ3n) is 3.94. The molecule has 0 radical (unpaired) electrons. The van der Waals surface area contributed by atoms with Gasteiger partial charge in [0.05, 0.1) is 5.56 Å². The predicted octanol–water partition coefficient (Wildman–Crippen LogP) is 3.82. The van der Waals surface area contributed by atoms with Gasteiger partial charge in [-0.2, -0.15) is 11.8 Å². The van der Waals surface area contributed by atoms with Gasteiger partial charge in [0.1, 0.15) is 5.82 Å². The first-order valence-corrected chi connectivity index (χ1v) is 8.94. The number of carbonyl (C=O) groups is 1. The van der Waals surface area contributed by atoms with Crippen molar-refractivity contribution in [2.75, 3.05) is 11.6 Å². The number of aromatic nitrogens is 1. The van der Waals surface area contributed by atoms with Gasteiger partial charge in [-0.05, 0) is 44.1 Å². The molecule has 0 saturated heterocycles. The molecule has 1 fully saturated rings. The highest BCUT2D eigenvalue weighted by atomic mass is 32.2. The maximum absolute atomic E-state index is 11.2. The second kappa shape index (κ2) is 7.69. The highest BCUT2D eigenvalue weighted by Gasteiger charge is 2.21. The molecule has 5 heteroatoms. The van der Waals surface area contributed by atoms with Gasteiger partial charge < -0.3 is 10.4 Å². The van der Waals surface area contributed by atoms with E-state index in [2.05, 4.69) is 23.5 Å². The summed E-state index contributed by atoms with van der Waals surface area (Å²) in [6.45, 7) is 2.08. The molecule has 0 aliphatic heterocycles. The molecule has 0 aromatic carbocycles. The second-order valence-corrected chi connectivity index (χ2v) is 6.79. The smallest absolute Gasteiger partial charge is 0.335 e. The third-order valence-corrected chi connectivity index (χ3v) is 5.04. The predicted molar refractivity (Wildman–Crippen MR) is 88.4 cm³/mol. The van der Waals surface area contributed by atoms with E-state index in [0.29, 0.717) is 22.7 Å². The molecule has 1 saturated carbocycles. The van der Waals surface area contributed by atoms with Crippen molar-refractivity contribution in [1.82, 2.24) is 4.98 Å². The summed E-state index contributed by atoms with van der Waals surface area (Å²) in [5, 5.41) is 13.4. The van der Waals surface area contributed by atoms with Crippen molar-refractivity contribution in [3.05, 3.63) is 23.4 Å². The number of hydrogen-bond donors (Lipinski definition) is 2. The Morgan fingerprint density at radius 2 is 2.29 bits per heavy atom. The molecule has 1 heterocycles. The van der Waals surface area contributed by atoms with Crippen LogP contribution in [0.5, 0.6) is 0 Å². The summed E-state index contributed by atoms with van der Waals surface area (Å²) in [6.07, 6.45) is 8.71. The fourth-order valence-corrected chi connectivity index (χ4v) is 3.70. The minimum atomic E-state index is -0.886. The van der Waals surface area contributed by atoms with Crippen molar-refractivity contribution in [3.63, 3.8) is 0 Å². The second-order valence-electron chi connectivity index (χ2n) is 5.65. The van der Waals surface area contributed by atoms with E-state index in [1.165, 1.54) is 12.8 Å². The normalized spacial score (nSPS) is 22.0. The topological polar surface area (TPSA) is 62.2 Å². The largest absolute Gasteiger partial charge is 0.478 e. The van der Waals surface area contributed by atoms with Crippen molar-refractivity contribution in [3.8, 4) is 0 Å². The van der Waals surface area contributed by atoms with E-state index in [0.717, 1.165) is 31.4 Å². The highest BCUT2D eigenvalue weighted by molar-refractivity contribution is 7.99. The Hall–Kier alpha value is -1.23. The zero-order valence-corrected chi connectivity index (χ0v) is 13.6. The molecule has 1 aromatic heterocycles. The van der Waals surface area contributed by atoms with Crippen LogP contribution >= 0.6 is 11.8 Å². The summed E-state index contributed by atoms with van der Waals surface area (Å²) >= 11 is 1.92. The lowest BCUT2D eigenvalue weighted by Gasteiger charge is -2.29. The number of thioether (sulfide) groups is 1. The summed E-state index contributed by atoms with van der Waals surface area (Å²) in [5.74, 6) is -0.173. The minimum absolute atomic E-state index is 0.327. The van der Waals surface area contributed by atoms with Gasteiger partial charge in [0.15, 0.2) is 0 Å². The summed E-state index contributed by atoms with van der Waals surface area (Å²) in [5.41, 5.74) is 1.19. The average molecular weight is 308 g/mol. The molecule has 2 atom stereocenters. The molecule has 0 bridgehead atoms. The Bertz CT molecular complexity index is 493. The molecule has 2 rings (SSSR count). The SMILES string of the molecule is CCCc1cc(C(=O)O)cc(NC2CCCC(SC)C2)n1. The molecule has 2 unspecified atom stereocenters. The molecular formula is C16H24N2O2S. The van der Waals surface area contributed by atoms with Crippen LogP contribution in [0, 0.1) is 0 Å². The molecule has 0 amide bonds. The molecule has 1 aliphatic rings. The van der Waals surface area contributed by atoms with E-state index in [1.54, 1.807) is 12.1 Å². The maximum atomic E-state index is 11.2. The van der Waals surface area contributed by atoms with E-state index >= 15 is 0 Å². The molecule has 4 nitrogen and oxygen atoms in total. The number of hydrogen-bond acceptors (Lipinski definition) is 4. The van der Waals surface area contributed by atoms with Gasteiger partial charge in [-0.15, -0.1) is 0 Å².